The van der Waals surface area contributed by atoms with Gasteiger partial charge in [0.15, 0.2) is 0 Å². The first-order valence-electron chi connectivity index (χ1n) is 5.98. The molecule has 1 atom stereocenters. The third kappa shape index (κ3) is 3.03. The van der Waals surface area contributed by atoms with Gasteiger partial charge in [-0.05, 0) is 48.9 Å². The molecule has 0 aliphatic carbocycles. The topological polar surface area (TPSA) is 52.5 Å². The van der Waals surface area contributed by atoms with Crippen molar-refractivity contribution in [2.45, 2.75) is 12.5 Å². The van der Waals surface area contributed by atoms with Crippen molar-refractivity contribution in [3.8, 4) is 5.75 Å². The summed E-state index contributed by atoms with van der Waals surface area (Å²) in [5.74, 6) is -0.174. The first kappa shape index (κ1) is 13.4. The molecule has 0 saturated carbocycles. The second-order valence-corrected chi connectivity index (χ2v) is 4.67. The molecule has 0 aromatic heterocycles. The Morgan fingerprint density at radius 2 is 1.84 bits per heavy atom. The van der Waals surface area contributed by atoms with Crippen LogP contribution >= 0.6 is 0 Å². The Kier molecular flexibility index (Phi) is 3.71. The zero-order chi connectivity index (χ0) is 13.9. The Bertz CT molecular complexity index is 556. The van der Waals surface area contributed by atoms with Crippen LogP contribution in [0.1, 0.15) is 12.5 Å². The molecular weight excluding hydrogens is 245 g/mol. The van der Waals surface area contributed by atoms with E-state index in [0.29, 0.717) is 5.69 Å². The highest BCUT2D eigenvalue weighted by molar-refractivity contribution is 5.48. The summed E-state index contributed by atoms with van der Waals surface area (Å²) < 4.78 is 12.9. The van der Waals surface area contributed by atoms with Crippen molar-refractivity contribution in [2.24, 2.45) is 0 Å². The minimum atomic E-state index is -0.753. The summed E-state index contributed by atoms with van der Waals surface area (Å²) in [4.78, 5) is 0. The van der Waals surface area contributed by atoms with Crippen molar-refractivity contribution in [1.29, 1.82) is 0 Å². The van der Waals surface area contributed by atoms with Crippen LogP contribution in [0.4, 0.5) is 10.1 Å². The van der Waals surface area contributed by atoms with E-state index in [1.165, 1.54) is 12.1 Å². The van der Waals surface area contributed by atoms with Gasteiger partial charge < -0.3 is 15.5 Å². The van der Waals surface area contributed by atoms with Gasteiger partial charge in [0.1, 0.15) is 11.6 Å². The normalized spacial score (nSPS) is 13.8. The largest absolute Gasteiger partial charge is 0.508 e. The molecule has 0 radical (unpaired) electrons. The lowest BCUT2D eigenvalue weighted by Crippen LogP contribution is -2.35. The predicted octanol–water partition coefficient (Wildman–Crippen LogP) is 2.85. The van der Waals surface area contributed by atoms with E-state index in [0.717, 1.165) is 5.56 Å². The molecular formula is C15H16FNO2. The second kappa shape index (κ2) is 5.28. The number of halogens is 1. The molecule has 4 heteroatoms. The lowest BCUT2D eigenvalue weighted by Gasteiger charge is -2.30. The Balaban J connectivity index is 2.30. The van der Waals surface area contributed by atoms with Crippen molar-refractivity contribution in [3.05, 3.63) is 59.9 Å². The van der Waals surface area contributed by atoms with Crippen molar-refractivity contribution in [3.63, 3.8) is 0 Å². The summed E-state index contributed by atoms with van der Waals surface area (Å²) in [5.41, 5.74) is 0.692. The molecule has 3 nitrogen and oxygen atoms in total. The van der Waals surface area contributed by atoms with Crippen LogP contribution in [0, 0.1) is 5.82 Å². The van der Waals surface area contributed by atoms with E-state index in [1.807, 2.05) is 13.0 Å². The molecule has 100 valence electrons. The SMILES string of the molecule is CC(CO)(Nc1ccc(F)cc1)c1cccc(O)c1. The summed E-state index contributed by atoms with van der Waals surface area (Å²) in [7, 11) is 0. The summed E-state index contributed by atoms with van der Waals surface area (Å²) >= 11 is 0. The lowest BCUT2D eigenvalue weighted by molar-refractivity contribution is 0.224. The molecule has 3 N–H and O–H groups in total. The maximum Gasteiger partial charge on any atom is 0.123 e. The van der Waals surface area contributed by atoms with Crippen LogP contribution in [0.5, 0.6) is 5.75 Å². The van der Waals surface area contributed by atoms with Crippen LogP contribution in [0.15, 0.2) is 48.5 Å². The highest BCUT2D eigenvalue weighted by Crippen LogP contribution is 2.28. The fraction of sp³-hybridized carbons (Fsp3) is 0.200. The third-order valence-corrected chi connectivity index (χ3v) is 3.06. The van der Waals surface area contributed by atoms with E-state index >= 15 is 0 Å². The molecule has 1 unspecified atom stereocenters. The zero-order valence-electron chi connectivity index (χ0n) is 10.6. The van der Waals surface area contributed by atoms with E-state index in [1.54, 1.807) is 30.3 Å². The van der Waals surface area contributed by atoms with Gasteiger partial charge in [0.2, 0.25) is 0 Å². The number of aliphatic hydroxyl groups excluding tert-OH is 1. The molecule has 0 heterocycles. The van der Waals surface area contributed by atoms with Crippen molar-refractivity contribution in [1.82, 2.24) is 0 Å². The van der Waals surface area contributed by atoms with Crippen molar-refractivity contribution >= 4 is 5.69 Å². The average Bonchev–Trinajstić information content (AvgIpc) is 2.41. The molecule has 0 aliphatic rings. The standard InChI is InChI=1S/C15H16FNO2/c1-15(10-18,11-3-2-4-14(19)9-11)17-13-7-5-12(16)6-8-13/h2-9,17-19H,10H2,1H3. The Morgan fingerprint density at radius 1 is 1.16 bits per heavy atom. The average molecular weight is 261 g/mol. The predicted molar refractivity (Wildman–Crippen MR) is 72.6 cm³/mol. The minimum absolute atomic E-state index is 0.137. The maximum atomic E-state index is 12.9. The van der Waals surface area contributed by atoms with Gasteiger partial charge in [0.05, 0.1) is 12.1 Å². The number of benzene rings is 2. The lowest BCUT2D eigenvalue weighted by atomic mass is 9.92. The fourth-order valence-electron chi connectivity index (χ4n) is 1.90. The van der Waals surface area contributed by atoms with Gasteiger partial charge in [-0.1, -0.05) is 12.1 Å². The van der Waals surface area contributed by atoms with Crippen molar-refractivity contribution in [2.75, 3.05) is 11.9 Å². The van der Waals surface area contributed by atoms with E-state index in [9.17, 15) is 14.6 Å². The van der Waals surface area contributed by atoms with Crippen LogP contribution in [0.3, 0.4) is 0 Å². The highest BCUT2D eigenvalue weighted by atomic mass is 19.1. The van der Waals surface area contributed by atoms with Crippen LogP contribution < -0.4 is 5.32 Å². The second-order valence-electron chi connectivity index (χ2n) is 4.67. The van der Waals surface area contributed by atoms with Gasteiger partial charge in [0, 0.05) is 5.69 Å². The van der Waals surface area contributed by atoms with Gasteiger partial charge in [0.25, 0.3) is 0 Å². The van der Waals surface area contributed by atoms with E-state index in [2.05, 4.69) is 5.32 Å². The van der Waals surface area contributed by atoms with Crippen molar-refractivity contribution < 1.29 is 14.6 Å². The third-order valence-electron chi connectivity index (χ3n) is 3.06. The number of aliphatic hydroxyl groups is 1. The summed E-state index contributed by atoms with van der Waals surface area (Å²) in [5, 5.41) is 22.3. The number of aromatic hydroxyl groups is 1. The van der Waals surface area contributed by atoms with Gasteiger partial charge in [-0.3, -0.25) is 0 Å². The van der Waals surface area contributed by atoms with E-state index < -0.39 is 5.54 Å². The Morgan fingerprint density at radius 3 is 2.42 bits per heavy atom. The first-order chi connectivity index (χ1) is 9.03. The van der Waals surface area contributed by atoms with Gasteiger partial charge >= 0.3 is 0 Å². The smallest absolute Gasteiger partial charge is 0.123 e. The molecule has 0 bridgehead atoms. The number of anilines is 1. The highest BCUT2D eigenvalue weighted by Gasteiger charge is 2.25. The summed E-state index contributed by atoms with van der Waals surface area (Å²) in [6.45, 7) is 1.65. The number of hydrogen-bond acceptors (Lipinski definition) is 3. The first-order valence-corrected chi connectivity index (χ1v) is 5.98. The van der Waals surface area contributed by atoms with Gasteiger partial charge in [-0.25, -0.2) is 4.39 Å². The van der Waals surface area contributed by atoms with Crippen LogP contribution in [0.2, 0.25) is 0 Å². The Hall–Kier alpha value is -2.07. The van der Waals surface area contributed by atoms with Crippen LogP contribution in [-0.2, 0) is 5.54 Å². The minimum Gasteiger partial charge on any atom is -0.508 e. The number of hydrogen-bond donors (Lipinski definition) is 3. The molecule has 0 fully saturated rings. The fourth-order valence-corrected chi connectivity index (χ4v) is 1.90. The summed E-state index contributed by atoms with van der Waals surface area (Å²) in [6.07, 6.45) is 0. The molecule has 0 amide bonds. The maximum absolute atomic E-state index is 12.9. The van der Waals surface area contributed by atoms with E-state index in [-0.39, 0.29) is 18.2 Å². The molecule has 19 heavy (non-hydrogen) atoms. The molecule has 0 saturated heterocycles. The van der Waals surface area contributed by atoms with E-state index in [4.69, 9.17) is 0 Å². The molecule has 2 aromatic rings. The van der Waals surface area contributed by atoms with Crippen LogP contribution in [-0.4, -0.2) is 16.8 Å². The quantitative estimate of drug-likeness (QED) is 0.793. The molecule has 0 spiro atoms. The number of nitrogens with one attached hydrogen (secondary N) is 1. The Labute approximate surface area is 111 Å². The summed E-state index contributed by atoms with van der Waals surface area (Å²) in [6, 6.07) is 12.6. The molecule has 2 rings (SSSR count). The molecule has 2 aromatic carbocycles. The zero-order valence-corrected chi connectivity index (χ0v) is 10.6. The number of phenolic OH excluding ortho intramolecular Hbond substituents is 1. The van der Waals surface area contributed by atoms with Gasteiger partial charge in [-0.2, -0.15) is 0 Å². The van der Waals surface area contributed by atoms with Gasteiger partial charge in [-0.15, -0.1) is 0 Å². The molecule has 0 aliphatic heterocycles. The number of rotatable bonds is 4. The monoisotopic (exact) mass is 261 g/mol. The van der Waals surface area contributed by atoms with Crippen LogP contribution in [0.25, 0.3) is 0 Å². The number of phenols is 1.